The second-order valence-electron chi connectivity index (χ2n) is 5.54. The normalized spacial score (nSPS) is 12.1. The Labute approximate surface area is 122 Å². The molecule has 2 aromatic carbocycles. The zero-order chi connectivity index (χ0) is 14.2. The van der Waals surface area contributed by atoms with E-state index in [4.69, 9.17) is 4.74 Å². The van der Waals surface area contributed by atoms with Crippen LogP contribution in [0, 0.1) is 5.92 Å². The molecule has 2 aromatic rings. The second-order valence-corrected chi connectivity index (χ2v) is 5.54. The maximum atomic E-state index is 5.19. The molecule has 2 rings (SSSR count). The van der Waals surface area contributed by atoms with Gasteiger partial charge in [-0.2, -0.15) is 0 Å². The van der Waals surface area contributed by atoms with E-state index in [2.05, 4.69) is 49.4 Å². The van der Waals surface area contributed by atoms with Crippen molar-refractivity contribution >= 4 is 0 Å². The fraction of sp³-hybridized carbons (Fsp3) is 0.368. The van der Waals surface area contributed by atoms with Crippen molar-refractivity contribution in [3.05, 3.63) is 65.7 Å². The van der Waals surface area contributed by atoms with Crippen LogP contribution < -0.4 is 4.74 Å². The second kappa shape index (κ2) is 7.74. The van der Waals surface area contributed by atoms with Crippen LogP contribution in [0.15, 0.2) is 54.6 Å². The van der Waals surface area contributed by atoms with Crippen molar-refractivity contribution in [3.8, 4) is 5.75 Å². The highest BCUT2D eigenvalue weighted by atomic mass is 16.5. The third-order valence-corrected chi connectivity index (χ3v) is 3.75. The molecule has 1 nitrogen and oxygen atoms in total. The first-order chi connectivity index (χ1) is 9.78. The van der Waals surface area contributed by atoms with E-state index in [9.17, 15) is 0 Å². The summed E-state index contributed by atoms with van der Waals surface area (Å²) < 4.78 is 5.19. The third-order valence-electron chi connectivity index (χ3n) is 3.75. The van der Waals surface area contributed by atoms with Crippen molar-refractivity contribution in [1.82, 2.24) is 0 Å². The zero-order valence-corrected chi connectivity index (χ0v) is 12.5. The SMILES string of the molecule is COc1ccc(C[C@@H](C)CCCc2ccccc2)cc1. The molecule has 20 heavy (non-hydrogen) atoms. The number of rotatable bonds is 7. The lowest BCUT2D eigenvalue weighted by atomic mass is 9.95. The molecular formula is C19H24O. The Morgan fingerprint density at radius 2 is 1.60 bits per heavy atom. The summed E-state index contributed by atoms with van der Waals surface area (Å²) in [4.78, 5) is 0. The highest BCUT2D eigenvalue weighted by Gasteiger charge is 2.04. The van der Waals surface area contributed by atoms with E-state index in [-0.39, 0.29) is 0 Å². The summed E-state index contributed by atoms with van der Waals surface area (Å²) in [7, 11) is 1.71. The number of ether oxygens (including phenoxy) is 1. The van der Waals surface area contributed by atoms with Crippen LogP contribution in [0.3, 0.4) is 0 Å². The summed E-state index contributed by atoms with van der Waals surface area (Å²) in [6, 6.07) is 19.2. The van der Waals surface area contributed by atoms with Crippen molar-refractivity contribution in [2.75, 3.05) is 7.11 Å². The molecule has 0 heterocycles. The maximum Gasteiger partial charge on any atom is 0.118 e. The van der Waals surface area contributed by atoms with Gasteiger partial charge in [-0.15, -0.1) is 0 Å². The Kier molecular flexibility index (Phi) is 5.67. The van der Waals surface area contributed by atoms with Gasteiger partial charge < -0.3 is 4.74 Å². The van der Waals surface area contributed by atoms with Crippen LogP contribution >= 0.6 is 0 Å². The Balaban J connectivity index is 1.73. The van der Waals surface area contributed by atoms with Crippen LogP contribution in [0.2, 0.25) is 0 Å². The van der Waals surface area contributed by atoms with Crippen LogP contribution in [0.25, 0.3) is 0 Å². The van der Waals surface area contributed by atoms with Gasteiger partial charge in [-0.05, 0) is 48.4 Å². The van der Waals surface area contributed by atoms with Crippen LogP contribution in [-0.4, -0.2) is 7.11 Å². The van der Waals surface area contributed by atoms with Crippen LogP contribution in [0.4, 0.5) is 0 Å². The van der Waals surface area contributed by atoms with E-state index in [1.54, 1.807) is 7.11 Å². The number of hydrogen-bond acceptors (Lipinski definition) is 1. The standard InChI is InChI=1S/C19H24O/c1-16(7-6-10-17-8-4-3-5-9-17)15-18-11-13-19(20-2)14-12-18/h3-5,8-9,11-14,16H,6-7,10,15H2,1-2H3/t16-/m0/s1. The van der Waals surface area contributed by atoms with E-state index < -0.39 is 0 Å². The van der Waals surface area contributed by atoms with Gasteiger partial charge in [-0.3, -0.25) is 0 Å². The summed E-state index contributed by atoms with van der Waals surface area (Å²) in [5.41, 5.74) is 2.85. The molecule has 0 saturated heterocycles. The molecule has 0 aliphatic rings. The maximum absolute atomic E-state index is 5.19. The molecule has 0 aromatic heterocycles. The summed E-state index contributed by atoms with van der Waals surface area (Å²) in [6.07, 6.45) is 4.88. The Bertz CT molecular complexity index is 487. The predicted octanol–water partition coefficient (Wildman–Crippen LogP) is 4.90. The van der Waals surface area contributed by atoms with Crippen LogP contribution in [-0.2, 0) is 12.8 Å². The average molecular weight is 268 g/mol. The predicted molar refractivity (Wildman–Crippen MR) is 85.2 cm³/mol. The van der Waals surface area contributed by atoms with E-state index in [1.165, 1.54) is 30.4 Å². The Morgan fingerprint density at radius 1 is 0.900 bits per heavy atom. The lowest BCUT2D eigenvalue weighted by molar-refractivity contribution is 0.414. The molecule has 0 spiro atoms. The minimum atomic E-state index is 0.729. The Hall–Kier alpha value is -1.76. The molecule has 0 aliphatic heterocycles. The van der Waals surface area contributed by atoms with E-state index in [0.29, 0.717) is 0 Å². The van der Waals surface area contributed by atoms with Gasteiger partial charge in [0.15, 0.2) is 0 Å². The molecule has 1 heteroatoms. The summed E-state index contributed by atoms with van der Waals surface area (Å²) in [6.45, 7) is 2.34. The average Bonchev–Trinajstić information content (AvgIpc) is 2.49. The summed E-state index contributed by atoms with van der Waals surface area (Å²) in [5.74, 6) is 1.66. The van der Waals surface area contributed by atoms with Crippen molar-refractivity contribution in [2.24, 2.45) is 5.92 Å². The van der Waals surface area contributed by atoms with Crippen LogP contribution in [0.5, 0.6) is 5.75 Å². The van der Waals surface area contributed by atoms with Gasteiger partial charge in [0.2, 0.25) is 0 Å². The van der Waals surface area contributed by atoms with Gasteiger partial charge in [0.05, 0.1) is 7.11 Å². The molecule has 0 saturated carbocycles. The fourth-order valence-corrected chi connectivity index (χ4v) is 2.57. The topological polar surface area (TPSA) is 9.23 Å². The first-order valence-corrected chi connectivity index (χ1v) is 7.45. The molecule has 0 aliphatic carbocycles. The molecular weight excluding hydrogens is 244 g/mol. The minimum absolute atomic E-state index is 0.729. The van der Waals surface area contributed by atoms with Gasteiger partial charge in [0.1, 0.15) is 5.75 Å². The quantitative estimate of drug-likeness (QED) is 0.694. The van der Waals surface area contributed by atoms with Gasteiger partial charge in [-0.25, -0.2) is 0 Å². The van der Waals surface area contributed by atoms with E-state index >= 15 is 0 Å². The lowest BCUT2D eigenvalue weighted by Gasteiger charge is -2.12. The van der Waals surface area contributed by atoms with E-state index in [0.717, 1.165) is 18.1 Å². The smallest absolute Gasteiger partial charge is 0.118 e. The molecule has 0 unspecified atom stereocenters. The largest absolute Gasteiger partial charge is 0.497 e. The van der Waals surface area contributed by atoms with Gasteiger partial charge in [-0.1, -0.05) is 55.8 Å². The molecule has 0 radical (unpaired) electrons. The highest BCUT2D eigenvalue weighted by Crippen LogP contribution is 2.18. The molecule has 0 fully saturated rings. The minimum Gasteiger partial charge on any atom is -0.497 e. The number of benzene rings is 2. The first kappa shape index (κ1) is 14.6. The summed E-state index contributed by atoms with van der Waals surface area (Å²) >= 11 is 0. The number of hydrogen-bond donors (Lipinski definition) is 0. The molecule has 0 N–H and O–H groups in total. The zero-order valence-electron chi connectivity index (χ0n) is 12.5. The third kappa shape index (κ3) is 4.73. The number of aryl methyl sites for hydroxylation is 1. The van der Waals surface area contributed by atoms with E-state index in [1.807, 2.05) is 12.1 Å². The molecule has 106 valence electrons. The highest BCUT2D eigenvalue weighted by molar-refractivity contribution is 5.27. The molecule has 1 atom stereocenters. The van der Waals surface area contributed by atoms with Crippen molar-refractivity contribution in [2.45, 2.75) is 32.6 Å². The van der Waals surface area contributed by atoms with Crippen molar-refractivity contribution < 1.29 is 4.74 Å². The van der Waals surface area contributed by atoms with Gasteiger partial charge in [0.25, 0.3) is 0 Å². The number of methoxy groups -OCH3 is 1. The lowest BCUT2D eigenvalue weighted by Crippen LogP contribution is -2.01. The van der Waals surface area contributed by atoms with Crippen LogP contribution in [0.1, 0.15) is 30.9 Å². The molecule has 0 amide bonds. The summed E-state index contributed by atoms with van der Waals surface area (Å²) in [5, 5.41) is 0. The van der Waals surface area contributed by atoms with Gasteiger partial charge in [0, 0.05) is 0 Å². The van der Waals surface area contributed by atoms with Crippen molar-refractivity contribution in [3.63, 3.8) is 0 Å². The molecule has 0 bridgehead atoms. The Morgan fingerprint density at radius 3 is 2.25 bits per heavy atom. The van der Waals surface area contributed by atoms with Gasteiger partial charge >= 0.3 is 0 Å². The van der Waals surface area contributed by atoms with Crippen molar-refractivity contribution in [1.29, 1.82) is 0 Å². The monoisotopic (exact) mass is 268 g/mol. The first-order valence-electron chi connectivity index (χ1n) is 7.45. The fourth-order valence-electron chi connectivity index (χ4n) is 2.57.